The number of carbonyl (C=O) groups excluding carboxylic acids is 1. The summed E-state index contributed by atoms with van der Waals surface area (Å²) in [7, 11) is 0. The second-order valence-corrected chi connectivity index (χ2v) is 9.27. The highest BCUT2D eigenvalue weighted by Crippen LogP contribution is 2.35. The lowest BCUT2D eigenvalue weighted by Gasteiger charge is -2.16. The summed E-state index contributed by atoms with van der Waals surface area (Å²) >= 11 is 6.58. The lowest BCUT2D eigenvalue weighted by atomic mass is 9.97. The van der Waals surface area contributed by atoms with Crippen molar-refractivity contribution in [1.82, 2.24) is 15.0 Å². The number of nitrogens with zero attached hydrogens (tertiary/aromatic N) is 2. The van der Waals surface area contributed by atoms with E-state index in [0.29, 0.717) is 41.1 Å². The fraction of sp³-hybridized carbons (Fsp3) is 0.269. The number of fused-ring (bicyclic) bond motifs is 2. The van der Waals surface area contributed by atoms with Gasteiger partial charge >= 0.3 is 0 Å². The Kier molecular flexibility index (Phi) is 5.64. The molecule has 2 aromatic carbocycles. The summed E-state index contributed by atoms with van der Waals surface area (Å²) < 4.78 is 17.8. The Bertz CT molecular complexity index is 1380. The number of benzene rings is 2. The number of hydrogen-bond donors (Lipinski definition) is 2. The van der Waals surface area contributed by atoms with Crippen molar-refractivity contribution in [2.24, 2.45) is 11.7 Å². The Morgan fingerprint density at radius 2 is 1.71 bits per heavy atom. The van der Waals surface area contributed by atoms with Crippen LogP contribution in [0.25, 0.3) is 33.5 Å². The van der Waals surface area contributed by atoms with Crippen LogP contribution in [0.3, 0.4) is 0 Å². The van der Waals surface area contributed by atoms with Crippen molar-refractivity contribution in [2.75, 3.05) is 13.2 Å². The van der Waals surface area contributed by atoms with Gasteiger partial charge in [0.05, 0.1) is 35.6 Å². The highest BCUT2D eigenvalue weighted by molar-refractivity contribution is 6.33. The first kappa shape index (κ1) is 22.0. The molecule has 0 aliphatic carbocycles. The van der Waals surface area contributed by atoms with Gasteiger partial charge < -0.3 is 24.9 Å². The van der Waals surface area contributed by atoms with Crippen LogP contribution in [-0.4, -0.2) is 52.4 Å². The zero-order valence-electron chi connectivity index (χ0n) is 18.7. The van der Waals surface area contributed by atoms with Crippen LogP contribution in [0.4, 0.5) is 0 Å². The minimum atomic E-state index is -0.363. The number of ether oxygens (including phenoxy) is 3. The number of rotatable bonds is 6. The molecule has 2 fully saturated rings. The molecule has 6 rings (SSSR count). The molecule has 0 radical (unpaired) electrons. The molecule has 3 N–H and O–H groups in total. The third-order valence-corrected chi connectivity index (χ3v) is 6.80. The van der Waals surface area contributed by atoms with E-state index in [1.165, 1.54) is 0 Å². The van der Waals surface area contributed by atoms with Crippen molar-refractivity contribution >= 4 is 28.7 Å². The van der Waals surface area contributed by atoms with E-state index in [-0.39, 0.29) is 36.6 Å². The number of halogens is 1. The summed E-state index contributed by atoms with van der Waals surface area (Å²) in [6.07, 6.45) is -0.604. The predicted octanol–water partition coefficient (Wildman–Crippen LogP) is 3.98. The Balaban J connectivity index is 1.21. The summed E-state index contributed by atoms with van der Waals surface area (Å²) in [4.78, 5) is 23.6. The van der Waals surface area contributed by atoms with Gasteiger partial charge in [0, 0.05) is 17.9 Å². The maximum Gasteiger partial charge on any atom is 0.296 e. The number of aromatic amines is 1. The van der Waals surface area contributed by atoms with Crippen molar-refractivity contribution in [1.29, 1.82) is 0 Å². The van der Waals surface area contributed by atoms with Crippen LogP contribution in [0.2, 0.25) is 5.02 Å². The molecule has 1 amide bonds. The first-order valence-corrected chi connectivity index (χ1v) is 11.8. The molecule has 2 aliphatic heterocycles. The van der Waals surface area contributed by atoms with E-state index >= 15 is 0 Å². The molecule has 0 spiro atoms. The topological polar surface area (TPSA) is 112 Å². The third kappa shape index (κ3) is 4.25. The van der Waals surface area contributed by atoms with Crippen LogP contribution < -0.4 is 10.5 Å². The summed E-state index contributed by atoms with van der Waals surface area (Å²) in [5, 5.41) is 0.512. The molecule has 9 heteroatoms. The van der Waals surface area contributed by atoms with E-state index in [1.807, 2.05) is 30.3 Å². The molecule has 8 nitrogen and oxygen atoms in total. The Labute approximate surface area is 206 Å². The minimum Gasteiger partial charge on any atom is -0.456 e. The molecule has 1 unspecified atom stereocenters. The summed E-state index contributed by atoms with van der Waals surface area (Å²) in [5.41, 5.74) is 10.3. The Hall–Kier alpha value is -3.46. The second-order valence-electron chi connectivity index (χ2n) is 8.86. The summed E-state index contributed by atoms with van der Waals surface area (Å²) in [5.74, 6) is -0.420. The quantitative estimate of drug-likeness (QED) is 0.422. The maximum atomic E-state index is 11.3. The smallest absolute Gasteiger partial charge is 0.296 e. The average Bonchev–Trinajstić information content (AvgIpc) is 3.55. The van der Waals surface area contributed by atoms with Crippen LogP contribution in [0, 0.1) is 5.92 Å². The molecular formula is C26H23ClN4O4. The predicted molar refractivity (Wildman–Crippen MR) is 131 cm³/mol. The number of primary amides is 1. The summed E-state index contributed by atoms with van der Waals surface area (Å²) in [6, 6.07) is 20.4. The maximum absolute atomic E-state index is 11.3. The van der Waals surface area contributed by atoms with Crippen molar-refractivity contribution in [2.45, 2.75) is 24.7 Å². The first-order valence-electron chi connectivity index (χ1n) is 11.5. The van der Waals surface area contributed by atoms with Crippen LogP contribution >= 0.6 is 11.6 Å². The van der Waals surface area contributed by atoms with E-state index < -0.39 is 0 Å². The highest BCUT2D eigenvalue weighted by atomic mass is 35.5. The van der Waals surface area contributed by atoms with Gasteiger partial charge in [0.1, 0.15) is 6.10 Å². The standard InChI is InChI=1S/C26H23ClN4O4/c27-18-11-19-25(30-22(18)16-8-6-15(7-9-16)14-4-2-1-3-5-14)31-26(29-19)35-20-13-34-23-17(10-21(28)32)12-33-24(20)23/h1-9,11,17,20,23-24H,10,12-13H2,(H2,28,32)(H,29,30,31)/t17?,20-,23-,24-/m1/s1. The van der Waals surface area contributed by atoms with Gasteiger partial charge in [-0.3, -0.25) is 4.79 Å². The molecule has 0 saturated carbocycles. The fourth-order valence-electron chi connectivity index (χ4n) is 4.83. The van der Waals surface area contributed by atoms with Crippen molar-refractivity contribution in [3.05, 3.63) is 65.7 Å². The van der Waals surface area contributed by atoms with Gasteiger partial charge in [0.25, 0.3) is 6.01 Å². The fourth-order valence-corrected chi connectivity index (χ4v) is 5.09. The zero-order chi connectivity index (χ0) is 23.9. The molecule has 4 heterocycles. The van der Waals surface area contributed by atoms with Gasteiger partial charge in [-0.15, -0.1) is 0 Å². The molecule has 35 heavy (non-hydrogen) atoms. The van der Waals surface area contributed by atoms with E-state index in [4.69, 9.17) is 31.5 Å². The average molecular weight is 491 g/mol. The largest absolute Gasteiger partial charge is 0.456 e. The van der Waals surface area contributed by atoms with E-state index in [9.17, 15) is 4.79 Å². The van der Waals surface area contributed by atoms with Gasteiger partial charge in [-0.05, 0) is 17.2 Å². The Morgan fingerprint density at radius 3 is 2.49 bits per heavy atom. The Morgan fingerprint density at radius 1 is 1.00 bits per heavy atom. The third-order valence-electron chi connectivity index (χ3n) is 6.51. The molecule has 2 aromatic heterocycles. The lowest BCUT2D eigenvalue weighted by molar-refractivity contribution is -0.119. The number of amides is 1. The normalized spacial score (nSPS) is 23.5. The molecule has 2 aliphatic rings. The van der Waals surface area contributed by atoms with E-state index in [2.05, 4.69) is 39.2 Å². The second kappa shape index (κ2) is 8.96. The van der Waals surface area contributed by atoms with Crippen LogP contribution in [0.1, 0.15) is 6.42 Å². The monoisotopic (exact) mass is 490 g/mol. The SMILES string of the molecule is NC(=O)CC1CO[C@H]2[C@@H]1OC[C@H]2Oc1nc2nc(-c3ccc(-c4ccccc4)cc3)c(Cl)cc2[nH]1. The molecule has 0 bridgehead atoms. The van der Waals surface area contributed by atoms with E-state index in [0.717, 1.165) is 16.7 Å². The highest BCUT2D eigenvalue weighted by Gasteiger charge is 2.49. The van der Waals surface area contributed by atoms with Gasteiger partial charge in [0.15, 0.2) is 11.8 Å². The van der Waals surface area contributed by atoms with E-state index in [1.54, 1.807) is 6.07 Å². The zero-order valence-corrected chi connectivity index (χ0v) is 19.4. The van der Waals surface area contributed by atoms with Gasteiger partial charge in [-0.1, -0.05) is 66.2 Å². The van der Waals surface area contributed by atoms with Gasteiger partial charge in [0.2, 0.25) is 5.91 Å². The number of carbonyl (C=O) groups is 1. The minimum absolute atomic E-state index is 0.0573. The first-order chi connectivity index (χ1) is 17.0. The van der Waals surface area contributed by atoms with Crippen LogP contribution in [-0.2, 0) is 14.3 Å². The van der Waals surface area contributed by atoms with Crippen molar-refractivity contribution < 1.29 is 19.0 Å². The van der Waals surface area contributed by atoms with Gasteiger partial charge in [-0.25, -0.2) is 4.98 Å². The van der Waals surface area contributed by atoms with Crippen molar-refractivity contribution in [3.63, 3.8) is 0 Å². The summed E-state index contributed by atoms with van der Waals surface area (Å²) in [6.45, 7) is 0.761. The number of nitrogens with one attached hydrogen (secondary N) is 1. The molecule has 2 saturated heterocycles. The van der Waals surface area contributed by atoms with Gasteiger partial charge in [-0.2, -0.15) is 4.98 Å². The van der Waals surface area contributed by atoms with Crippen LogP contribution in [0.15, 0.2) is 60.7 Å². The number of aromatic nitrogens is 3. The number of pyridine rings is 1. The molecule has 4 atom stereocenters. The molecule has 178 valence electrons. The van der Waals surface area contributed by atoms with Crippen molar-refractivity contribution in [3.8, 4) is 28.4 Å². The molecular weight excluding hydrogens is 468 g/mol. The lowest BCUT2D eigenvalue weighted by Crippen LogP contribution is -2.34. The number of nitrogens with two attached hydrogens (primary N) is 1. The van der Waals surface area contributed by atoms with Crippen LogP contribution in [0.5, 0.6) is 6.01 Å². The number of hydrogen-bond acceptors (Lipinski definition) is 6. The number of imidazole rings is 1. The number of H-pyrrole nitrogens is 1. The molecule has 4 aromatic rings.